The van der Waals surface area contributed by atoms with Crippen LogP contribution in [0.1, 0.15) is 64.5 Å². The van der Waals surface area contributed by atoms with Crippen LogP contribution in [-0.4, -0.2) is 4.57 Å². The van der Waals surface area contributed by atoms with E-state index in [4.69, 9.17) is 4.74 Å². The third kappa shape index (κ3) is 3.40. The van der Waals surface area contributed by atoms with Crippen LogP contribution < -0.4 is 4.74 Å². The summed E-state index contributed by atoms with van der Waals surface area (Å²) < 4.78 is 22.5. The van der Waals surface area contributed by atoms with Crippen molar-refractivity contribution in [3.05, 3.63) is 89.2 Å². The van der Waals surface area contributed by atoms with Gasteiger partial charge in [0.1, 0.15) is 11.6 Å². The molecule has 1 aromatic heterocycles. The first-order valence-electron chi connectivity index (χ1n) is 11.2. The van der Waals surface area contributed by atoms with Crippen LogP contribution in [-0.2, 0) is 10.8 Å². The van der Waals surface area contributed by atoms with E-state index in [1.807, 2.05) is 12.1 Å². The molecule has 1 aliphatic heterocycles. The molecule has 0 bridgehead atoms. The molecule has 2 nitrogen and oxygen atoms in total. The number of aromatic nitrogens is 1. The summed E-state index contributed by atoms with van der Waals surface area (Å²) in [6, 6.07) is 22.1. The van der Waals surface area contributed by atoms with Gasteiger partial charge in [0.15, 0.2) is 0 Å². The normalized spacial score (nSPS) is 15.9. The second-order valence-electron chi connectivity index (χ2n) is 10.9. The summed E-state index contributed by atoms with van der Waals surface area (Å²) in [5.41, 5.74) is 6.89. The Bertz CT molecular complexity index is 1320. The molecule has 0 saturated carbocycles. The molecule has 0 saturated heterocycles. The van der Waals surface area contributed by atoms with Gasteiger partial charge < -0.3 is 9.30 Å². The largest absolute Gasteiger partial charge is 0.465 e. The van der Waals surface area contributed by atoms with Gasteiger partial charge in [-0.2, -0.15) is 0 Å². The fraction of sp³-hybridized carbons (Fsp3) is 0.310. The van der Waals surface area contributed by atoms with Crippen LogP contribution in [0, 0.1) is 5.82 Å². The van der Waals surface area contributed by atoms with Crippen molar-refractivity contribution >= 4 is 10.9 Å². The summed E-state index contributed by atoms with van der Waals surface area (Å²) in [5, 5.41) is 1.19. The van der Waals surface area contributed by atoms with Gasteiger partial charge in [-0.3, -0.25) is 0 Å². The molecule has 4 aromatic rings. The van der Waals surface area contributed by atoms with Gasteiger partial charge in [0.25, 0.3) is 0 Å². The van der Waals surface area contributed by atoms with Gasteiger partial charge in [0.05, 0.1) is 11.2 Å². The highest BCUT2D eigenvalue weighted by Gasteiger charge is 2.30. The number of halogens is 1. The predicted molar refractivity (Wildman–Crippen MR) is 130 cm³/mol. The van der Waals surface area contributed by atoms with Crippen molar-refractivity contribution in [1.29, 1.82) is 0 Å². The average molecular weight is 428 g/mol. The molecule has 3 heteroatoms. The van der Waals surface area contributed by atoms with E-state index in [0.717, 1.165) is 28.1 Å². The minimum absolute atomic E-state index is 0.0233. The maximum atomic E-state index is 13.7. The van der Waals surface area contributed by atoms with Crippen LogP contribution in [0.25, 0.3) is 22.2 Å². The minimum atomic E-state index is -0.355. The zero-order valence-corrected chi connectivity index (χ0v) is 19.7. The third-order valence-corrected chi connectivity index (χ3v) is 6.46. The molecule has 0 N–H and O–H groups in total. The SMILES string of the molecule is CC(C)(C)c1ccc2c(c1)OC(c1ccc(F)cc1)n1c-2cc2cc(C(C)(C)C)ccc21. The van der Waals surface area contributed by atoms with E-state index in [0.29, 0.717) is 0 Å². The van der Waals surface area contributed by atoms with Crippen molar-refractivity contribution in [3.63, 3.8) is 0 Å². The summed E-state index contributed by atoms with van der Waals surface area (Å²) in [5.74, 6) is 0.630. The van der Waals surface area contributed by atoms with Crippen LogP contribution in [0.3, 0.4) is 0 Å². The molecule has 0 radical (unpaired) electrons. The van der Waals surface area contributed by atoms with E-state index in [2.05, 4.69) is 88.6 Å². The molecule has 3 aromatic carbocycles. The van der Waals surface area contributed by atoms with Crippen LogP contribution in [0.15, 0.2) is 66.7 Å². The Labute approximate surface area is 189 Å². The van der Waals surface area contributed by atoms with Gasteiger partial charge >= 0.3 is 0 Å². The lowest BCUT2D eigenvalue weighted by Gasteiger charge is -2.31. The number of hydrogen-bond acceptors (Lipinski definition) is 1. The highest BCUT2D eigenvalue weighted by Crippen LogP contribution is 2.46. The standard InChI is InChI=1S/C29H30FNO/c1-28(2,3)20-10-14-24-19(15-20)16-25-23-13-9-21(29(4,5)6)17-26(23)32-27(31(24)25)18-7-11-22(30)12-8-18/h7-17,27H,1-6H3. The molecule has 0 spiro atoms. The van der Waals surface area contributed by atoms with Gasteiger partial charge in [-0.25, -0.2) is 4.39 Å². The Hall–Kier alpha value is -3.07. The lowest BCUT2D eigenvalue weighted by atomic mass is 9.86. The van der Waals surface area contributed by atoms with Gasteiger partial charge in [0, 0.05) is 16.5 Å². The molecule has 1 aliphatic rings. The number of ether oxygens (including phenoxy) is 1. The topological polar surface area (TPSA) is 14.2 Å². The van der Waals surface area contributed by atoms with Crippen LogP contribution in [0.4, 0.5) is 4.39 Å². The van der Waals surface area contributed by atoms with Crippen molar-refractivity contribution in [2.24, 2.45) is 0 Å². The number of fused-ring (bicyclic) bond motifs is 5. The fourth-order valence-electron chi connectivity index (χ4n) is 4.48. The van der Waals surface area contributed by atoms with E-state index in [1.54, 1.807) is 0 Å². The number of hydrogen-bond donors (Lipinski definition) is 0. The smallest absolute Gasteiger partial charge is 0.203 e. The molecule has 32 heavy (non-hydrogen) atoms. The van der Waals surface area contributed by atoms with Crippen molar-refractivity contribution in [1.82, 2.24) is 4.57 Å². The summed E-state index contributed by atoms with van der Waals surface area (Å²) in [6.45, 7) is 13.3. The molecule has 5 rings (SSSR count). The number of rotatable bonds is 1. The van der Waals surface area contributed by atoms with Gasteiger partial charge in [-0.05, 0) is 64.4 Å². The molecular weight excluding hydrogens is 397 g/mol. The highest BCUT2D eigenvalue weighted by molar-refractivity contribution is 5.90. The minimum Gasteiger partial charge on any atom is -0.465 e. The second-order valence-corrected chi connectivity index (χ2v) is 10.9. The van der Waals surface area contributed by atoms with E-state index in [1.165, 1.54) is 28.6 Å². The van der Waals surface area contributed by atoms with Crippen LogP contribution >= 0.6 is 0 Å². The van der Waals surface area contributed by atoms with Crippen LogP contribution in [0.5, 0.6) is 5.75 Å². The second kappa shape index (κ2) is 6.96. The summed E-state index contributed by atoms with van der Waals surface area (Å²) >= 11 is 0. The molecule has 0 amide bonds. The Morgan fingerprint density at radius 2 is 1.38 bits per heavy atom. The lowest BCUT2D eigenvalue weighted by molar-refractivity contribution is 0.173. The number of benzene rings is 3. The molecule has 2 heterocycles. The molecule has 164 valence electrons. The van der Waals surface area contributed by atoms with E-state index >= 15 is 0 Å². The predicted octanol–water partition coefficient (Wildman–Crippen LogP) is 7.98. The number of nitrogens with zero attached hydrogens (tertiary/aromatic N) is 1. The monoisotopic (exact) mass is 427 g/mol. The van der Waals surface area contributed by atoms with Crippen LogP contribution in [0.2, 0.25) is 0 Å². The van der Waals surface area contributed by atoms with Crippen molar-refractivity contribution < 1.29 is 9.13 Å². The molecule has 1 atom stereocenters. The van der Waals surface area contributed by atoms with E-state index in [9.17, 15) is 4.39 Å². The molecular formula is C29H30FNO. The highest BCUT2D eigenvalue weighted by atomic mass is 19.1. The van der Waals surface area contributed by atoms with Crippen molar-refractivity contribution in [2.75, 3.05) is 0 Å². The first-order valence-corrected chi connectivity index (χ1v) is 11.2. The Morgan fingerprint density at radius 3 is 2.03 bits per heavy atom. The van der Waals surface area contributed by atoms with Gasteiger partial charge in [-0.1, -0.05) is 65.8 Å². The summed E-state index contributed by atoms with van der Waals surface area (Å²) in [6.07, 6.45) is -0.355. The van der Waals surface area contributed by atoms with Crippen molar-refractivity contribution in [2.45, 2.75) is 58.6 Å². The quantitative estimate of drug-likeness (QED) is 0.300. The van der Waals surface area contributed by atoms with E-state index in [-0.39, 0.29) is 22.9 Å². The maximum Gasteiger partial charge on any atom is 0.203 e. The van der Waals surface area contributed by atoms with Crippen molar-refractivity contribution in [3.8, 4) is 17.0 Å². The fourth-order valence-corrected chi connectivity index (χ4v) is 4.48. The molecule has 0 aliphatic carbocycles. The summed E-state index contributed by atoms with van der Waals surface area (Å²) in [7, 11) is 0. The Balaban J connectivity index is 1.76. The Kier molecular flexibility index (Phi) is 4.53. The van der Waals surface area contributed by atoms with E-state index < -0.39 is 0 Å². The first kappa shape index (κ1) is 20.8. The summed E-state index contributed by atoms with van der Waals surface area (Å²) in [4.78, 5) is 0. The zero-order chi connectivity index (χ0) is 22.8. The lowest BCUT2D eigenvalue weighted by Crippen LogP contribution is -2.23. The molecule has 0 fully saturated rings. The third-order valence-electron chi connectivity index (χ3n) is 6.46. The van der Waals surface area contributed by atoms with Gasteiger partial charge in [-0.15, -0.1) is 0 Å². The average Bonchev–Trinajstić information content (AvgIpc) is 3.11. The first-order chi connectivity index (χ1) is 15.0. The maximum absolute atomic E-state index is 13.7. The van der Waals surface area contributed by atoms with Gasteiger partial charge in [0.2, 0.25) is 6.23 Å². The molecule has 1 unspecified atom stereocenters. The Morgan fingerprint density at radius 1 is 0.750 bits per heavy atom. The zero-order valence-electron chi connectivity index (χ0n) is 19.7.